The first-order chi connectivity index (χ1) is 9.90. The van der Waals surface area contributed by atoms with Crippen LogP contribution >= 0.6 is 11.6 Å². The largest absolute Gasteiger partial charge is 0.487 e. The molecule has 110 valence electrons. The maximum Gasteiger partial charge on any atom is 0.306 e. The van der Waals surface area contributed by atoms with Crippen LogP contribution in [-0.2, 0) is 6.61 Å². The SMILES string of the molecule is O=[N+]([O-])c1ccc(OCc2ccc(F)c(F)c2)c(Cl)c1F. The molecular formula is C13H7ClF3NO3. The predicted octanol–water partition coefficient (Wildman–Crippen LogP) is 4.24. The van der Waals surface area contributed by atoms with Crippen molar-refractivity contribution in [1.29, 1.82) is 0 Å². The molecule has 0 saturated heterocycles. The Kier molecular flexibility index (Phi) is 4.32. The minimum atomic E-state index is -1.22. The molecule has 0 N–H and O–H groups in total. The number of halogens is 4. The molecule has 2 aromatic rings. The molecule has 0 saturated carbocycles. The van der Waals surface area contributed by atoms with Gasteiger partial charge in [0.2, 0.25) is 5.82 Å². The summed E-state index contributed by atoms with van der Waals surface area (Å²) in [5.41, 5.74) is -0.482. The quantitative estimate of drug-likeness (QED) is 0.626. The van der Waals surface area contributed by atoms with E-state index in [2.05, 4.69) is 0 Å². The fourth-order valence-electron chi connectivity index (χ4n) is 1.56. The van der Waals surface area contributed by atoms with Gasteiger partial charge in [0.25, 0.3) is 0 Å². The van der Waals surface area contributed by atoms with E-state index in [-0.39, 0.29) is 12.4 Å². The van der Waals surface area contributed by atoms with E-state index in [0.29, 0.717) is 5.56 Å². The minimum Gasteiger partial charge on any atom is -0.487 e. The summed E-state index contributed by atoms with van der Waals surface area (Å²) >= 11 is 5.63. The lowest BCUT2D eigenvalue weighted by Gasteiger charge is -2.09. The van der Waals surface area contributed by atoms with E-state index in [9.17, 15) is 23.3 Å². The van der Waals surface area contributed by atoms with Gasteiger partial charge >= 0.3 is 5.69 Å². The molecule has 21 heavy (non-hydrogen) atoms. The standard InChI is InChI=1S/C13H7ClF3NO3/c14-12-11(4-3-10(13(12)17)18(19)20)21-6-7-1-2-8(15)9(16)5-7/h1-5H,6H2. The van der Waals surface area contributed by atoms with Crippen LogP contribution < -0.4 is 4.74 Å². The van der Waals surface area contributed by atoms with Crippen molar-refractivity contribution in [2.45, 2.75) is 6.61 Å². The number of hydrogen-bond acceptors (Lipinski definition) is 3. The molecular weight excluding hydrogens is 311 g/mol. The molecule has 0 radical (unpaired) electrons. The monoisotopic (exact) mass is 317 g/mol. The number of nitro benzene ring substituents is 1. The highest BCUT2D eigenvalue weighted by molar-refractivity contribution is 6.32. The van der Waals surface area contributed by atoms with Gasteiger partial charge in [-0.3, -0.25) is 10.1 Å². The maximum absolute atomic E-state index is 13.6. The van der Waals surface area contributed by atoms with Crippen LogP contribution in [0.3, 0.4) is 0 Å². The molecule has 0 aliphatic carbocycles. The molecule has 2 aromatic carbocycles. The molecule has 0 amide bonds. The third kappa shape index (κ3) is 3.25. The Hall–Kier alpha value is -2.28. The number of ether oxygens (including phenoxy) is 1. The van der Waals surface area contributed by atoms with E-state index in [0.717, 1.165) is 24.3 Å². The Labute approximate surface area is 121 Å². The molecule has 0 bridgehead atoms. The zero-order valence-corrected chi connectivity index (χ0v) is 11.0. The second kappa shape index (κ2) is 6.01. The van der Waals surface area contributed by atoms with Crippen molar-refractivity contribution < 1.29 is 22.8 Å². The van der Waals surface area contributed by atoms with Crippen LogP contribution in [-0.4, -0.2) is 4.92 Å². The lowest BCUT2D eigenvalue weighted by atomic mass is 10.2. The zero-order valence-electron chi connectivity index (χ0n) is 10.3. The van der Waals surface area contributed by atoms with E-state index in [1.807, 2.05) is 0 Å². The number of hydrogen-bond donors (Lipinski definition) is 0. The summed E-state index contributed by atoms with van der Waals surface area (Å²) < 4.78 is 44.5. The normalized spacial score (nSPS) is 10.5. The van der Waals surface area contributed by atoms with Gasteiger partial charge in [0.15, 0.2) is 11.6 Å². The molecule has 0 unspecified atom stereocenters. The second-order valence-electron chi connectivity index (χ2n) is 4.01. The highest BCUT2D eigenvalue weighted by Crippen LogP contribution is 2.33. The Morgan fingerprint density at radius 2 is 1.86 bits per heavy atom. The summed E-state index contributed by atoms with van der Waals surface area (Å²) in [5.74, 6) is -3.40. The van der Waals surface area contributed by atoms with Gasteiger partial charge in [-0.15, -0.1) is 0 Å². The number of benzene rings is 2. The van der Waals surface area contributed by atoms with E-state index in [1.54, 1.807) is 0 Å². The number of rotatable bonds is 4. The van der Waals surface area contributed by atoms with Crippen molar-refractivity contribution in [2.24, 2.45) is 0 Å². The van der Waals surface area contributed by atoms with E-state index in [1.165, 1.54) is 6.07 Å². The minimum absolute atomic E-state index is 0.135. The van der Waals surface area contributed by atoms with Crippen LogP contribution in [0.15, 0.2) is 30.3 Å². The van der Waals surface area contributed by atoms with Crippen LogP contribution in [0.1, 0.15) is 5.56 Å². The molecule has 0 aromatic heterocycles. The average Bonchev–Trinajstić information content (AvgIpc) is 2.43. The number of nitro groups is 1. The van der Waals surface area contributed by atoms with Gasteiger partial charge in [-0.25, -0.2) is 8.78 Å². The highest BCUT2D eigenvalue weighted by atomic mass is 35.5. The van der Waals surface area contributed by atoms with Crippen LogP contribution in [0.2, 0.25) is 5.02 Å². The topological polar surface area (TPSA) is 52.4 Å². The zero-order chi connectivity index (χ0) is 15.6. The lowest BCUT2D eigenvalue weighted by Crippen LogP contribution is -2.00. The van der Waals surface area contributed by atoms with Gasteiger partial charge in [-0.2, -0.15) is 4.39 Å². The van der Waals surface area contributed by atoms with Crippen molar-refractivity contribution in [3.8, 4) is 5.75 Å². The van der Waals surface area contributed by atoms with Crippen LogP contribution in [0, 0.1) is 27.6 Å². The number of nitrogens with zero attached hydrogens (tertiary/aromatic N) is 1. The summed E-state index contributed by atoms with van der Waals surface area (Å²) in [6.45, 7) is -0.200. The summed E-state index contributed by atoms with van der Waals surface area (Å²) in [4.78, 5) is 9.61. The fraction of sp³-hybridized carbons (Fsp3) is 0.0769. The second-order valence-corrected chi connectivity index (χ2v) is 4.38. The Morgan fingerprint density at radius 3 is 2.48 bits per heavy atom. The van der Waals surface area contributed by atoms with Gasteiger partial charge in [-0.05, 0) is 23.8 Å². The summed E-state index contributed by atoms with van der Waals surface area (Å²) in [5, 5.41) is 9.97. The van der Waals surface area contributed by atoms with Crippen molar-refractivity contribution in [3.63, 3.8) is 0 Å². The first kappa shape index (κ1) is 15.1. The third-order valence-electron chi connectivity index (χ3n) is 2.60. The molecule has 2 rings (SSSR count). The molecule has 0 atom stereocenters. The smallest absolute Gasteiger partial charge is 0.306 e. The van der Waals surface area contributed by atoms with E-state index in [4.69, 9.17) is 16.3 Å². The molecule has 0 fully saturated rings. The Morgan fingerprint density at radius 1 is 1.14 bits per heavy atom. The van der Waals surface area contributed by atoms with Crippen LogP contribution in [0.5, 0.6) is 5.75 Å². The van der Waals surface area contributed by atoms with Crippen molar-refractivity contribution in [3.05, 3.63) is 68.5 Å². The molecule has 8 heteroatoms. The third-order valence-corrected chi connectivity index (χ3v) is 2.95. The first-order valence-electron chi connectivity index (χ1n) is 5.59. The van der Waals surface area contributed by atoms with Gasteiger partial charge in [0.1, 0.15) is 17.4 Å². The van der Waals surface area contributed by atoms with Crippen molar-refractivity contribution in [1.82, 2.24) is 0 Å². The average molecular weight is 318 g/mol. The lowest BCUT2D eigenvalue weighted by molar-refractivity contribution is -0.387. The maximum atomic E-state index is 13.6. The summed E-state index contributed by atoms with van der Waals surface area (Å²) in [6, 6.07) is 5.16. The fourth-order valence-corrected chi connectivity index (χ4v) is 1.78. The van der Waals surface area contributed by atoms with Gasteiger partial charge in [-0.1, -0.05) is 17.7 Å². The van der Waals surface area contributed by atoms with Crippen molar-refractivity contribution >= 4 is 17.3 Å². The first-order valence-corrected chi connectivity index (χ1v) is 5.97. The van der Waals surface area contributed by atoms with Crippen molar-refractivity contribution in [2.75, 3.05) is 0 Å². The van der Waals surface area contributed by atoms with Crippen LogP contribution in [0.25, 0.3) is 0 Å². The highest BCUT2D eigenvalue weighted by Gasteiger charge is 2.20. The summed E-state index contributed by atoms with van der Waals surface area (Å²) in [6.07, 6.45) is 0. The molecule has 0 aliphatic heterocycles. The van der Waals surface area contributed by atoms with Crippen LogP contribution in [0.4, 0.5) is 18.9 Å². The van der Waals surface area contributed by atoms with Gasteiger partial charge in [0, 0.05) is 6.07 Å². The molecule has 0 aliphatic rings. The van der Waals surface area contributed by atoms with E-state index < -0.39 is 33.1 Å². The van der Waals surface area contributed by atoms with Gasteiger partial charge in [0.05, 0.1) is 4.92 Å². The predicted molar refractivity (Wildman–Crippen MR) is 68.8 cm³/mol. The van der Waals surface area contributed by atoms with E-state index >= 15 is 0 Å². The van der Waals surface area contributed by atoms with Gasteiger partial charge < -0.3 is 4.74 Å². The molecule has 0 heterocycles. The summed E-state index contributed by atoms with van der Waals surface area (Å²) in [7, 11) is 0. The Bertz CT molecular complexity index is 709. The Balaban J connectivity index is 2.18. The molecule has 0 spiro atoms. The molecule has 4 nitrogen and oxygen atoms in total.